The summed E-state index contributed by atoms with van der Waals surface area (Å²) in [5, 5.41) is 6.77. The molecule has 3 rings (SSSR count). The van der Waals surface area contributed by atoms with Crippen molar-refractivity contribution >= 4 is 51.1 Å². The lowest BCUT2D eigenvalue weighted by Crippen LogP contribution is -2.14. The van der Waals surface area contributed by atoms with Gasteiger partial charge in [-0.05, 0) is 48.9 Å². The Kier molecular flexibility index (Phi) is 7.29. The lowest BCUT2D eigenvalue weighted by molar-refractivity contribution is -0.114. The number of aryl methyl sites for hydroxylation is 1. The fourth-order valence-corrected chi connectivity index (χ4v) is 4.46. The van der Waals surface area contributed by atoms with Crippen molar-refractivity contribution in [2.45, 2.75) is 18.7 Å². The molecule has 0 radical (unpaired) electrons. The standard InChI is InChI=1S/C22H22ClN3O6S/c1-13-22(24-14(2)27)20(32-25-13)9-6-15-5-8-19(31-4)21(11-15)33(28,29)26-16-7-10-18(30-3)17(23)12-16/h5-12,26H,1-4H3,(H,24,27). The third-order valence-corrected chi connectivity index (χ3v) is 6.20. The molecule has 0 bridgehead atoms. The molecule has 2 N–H and O–H groups in total. The van der Waals surface area contributed by atoms with E-state index in [0.717, 1.165) is 0 Å². The molecule has 0 fully saturated rings. The van der Waals surface area contributed by atoms with Gasteiger partial charge in [-0.3, -0.25) is 9.52 Å². The Morgan fingerprint density at radius 2 is 1.79 bits per heavy atom. The van der Waals surface area contributed by atoms with Gasteiger partial charge in [-0.1, -0.05) is 28.9 Å². The van der Waals surface area contributed by atoms with Crippen LogP contribution in [-0.2, 0) is 14.8 Å². The largest absolute Gasteiger partial charge is 0.495 e. The van der Waals surface area contributed by atoms with Crippen LogP contribution >= 0.6 is 11.6 Å². The first-order chi connectivity index (χ1) is 15.6. The van der Waals surface area contributed by atoms with E-state index >= 15 is 0 Å². The molecule has 33 heavy (non-hydrogen) atoms. The molecule has 0 atom stereocenters. The summed E-state index contributed by atoms with van der Waals surface area (Å²) in [6.07, 6.45) is 3.22. The van der Waals surface area contributed by atoms with Crippen LogP contribution in [0.4, 0.5) is 11.4 Å². The molecule has 0 spiro atoms. The summed E-state index contributed by atoms with van der Waals surface area (Å²) in [5.41, 5.74) is 1.77. The molecule has 0 aliphatic carbocycles. The van der Waals surface area contributed by atoms with E-state index in [2.05, 4.69) is 15.2 Å². The first-order valence-corrected chi connectivity index (χ1v) is 11.5. The van der Waals surface area contributed by atoms with E-state index in [0.29, 0.717) is 28.5 Å². The second-order valence-corrected chi connectivity index (χ2v) is 8.94. The molecule has 9 nitrogen and oxygen atoms in total. The number of amides is 1. The average molecular weight is 492 g/mol. The lowest BCUT2D eigenvalue weighted by atomic mass is 10.2. The number of ether oxygens (including phenoxy) is 2. The van der Waals surface area contributed by atoms with Crippen molar-refractivity contribution in [3.05, 3.63) is 58.4 Å². The van der Waals surface area contributed by atoms with Gasteiger partial charge in [0.15, 0.2) is 5.76 Å². The van der Waals surface area contributed by atoms with E-state index in [-0.39, 0.29) is 27.3 Å². The van der Waals surface area contributed by atoms with Crippen molar-refractivity contribution in [3.63, 3.8) is 0 Å². The number of sulfonamides is 1. The van der Waals surface area contributed by atoms with Crippen LogP contribution in [0, 0.1) is 6.92 Å². The van der Waals surface area contributed by atoms with Crippen LogP contribution in [0.1, 0.15) is 23.9 Å². The number of nitrogens with zero attached hydrogens (tertiary/aromatic N) is 1. The number of anilines is 2. The maximum absolute atomic E-state index is 13.1. The molecule has 1 heterocycles. The summed E-state index contributed by atoms with van der Waals surface area (Å²) >= 11 is 6.10. The Morgan fingerprint density at radius 1 is 1.09 bits per heavy atom. The number of rotatable bonds is 8. The van der Waals surface area contributed by atoms with Crippen molar-refractivity contribution in [3.8, 4) is 11.5 Å². The number of carbonyl (C=O) groups is 1. The number of methoxy groups -OCH3 is 2. The summed E-state index contributed by atoms with van der Waals surface area (Å²) in [4.78, 5) is 11.3. The second kappa shape index (κ2) is 9.97. The highest BCUT2D eigenvalue weighted by molar-refractivity contribution is 7.92. The monoisotopic (exact) mass is 491 g/mol. The van der Waals surface area contributed by atoms with Gasteiger partial charge in [-0.2, -0.15) is 0 Å². The molecule has 174 valence electrons. The maximum Gasteiger partial charge on any atom is 0.265 e. The van der Waals surface area contributed by atoms with Crippen molar-refractivity contribution in [1.82, 2.24) is 5.16 Å². The maximum atomic E-state index is 13.1. The Labute approximate surface area is 196 Å². The average Bonchev–Trinajstić information content (AvgIpc) is 3.10. The number of carbonyl (C=O) groups excluding carboxylic acids is 1. The highest BCUT2D eigenvalue weighted by atomic mass is 35.5. The quantitative estimate of drug-likeness (QED) is 0.473. The number of aromatic nitrogens is 1. The van der Waals surface area contributed by atoms with Crippen LogP contribution in [0.2, 0.25) is 5.02 Å². The Hall–Kier alpha value is -3.50. The predicted molar refractivity (Wildman–Crippen MR) is 126 cm³/mol. The van der Waals surface area contributed by atoms with Gasteiger partial charge in [0, 0.05) is 6.92 Å². The zero-order valence-corrected chi connectivity index (χ0v) is 19.9. The summed E-state index contributed by atoms with van der Waals surface area (Å²) in [7, 11) is -1.17. The highest BCUT2D eigenvalue weighted by Crippen LogP contribution is 2.31. The molecule has 0 aliphatic heterocycles. The first kappa shape index (κ1) is 24.1. The molecule has 11 heteroatoms. The van der Waals surface area contributed by atoms with Gasteiger partial charge in [-0.25, -0.2) is 8.42 Å². The van der Waals surface area contributed by atoms with E-state index in [1.165, 1.54) is 45.4 Å². The third-order valence-electron chi connectivity index (χ3n) is 4.50. The van der Waals surface area contributed by atoms with Gasteiger partial charge in [0.05, 0.1) is 24.9 Å². The molecule has 2 aromatic carbocycles. The lowest BCUT2D eigenvalue weighted by Gasteiger charge is -2.13. The van der Waals surface area contributed by atoms with Gasteiger partial charge in [-0.15, -0.1) is 0 Å². The fourth-order valence-electron chi connectivity index (χ4n) is 2.95. The van der Waals surface area contributed by atoms with Gasteiger partial charge in [0.2, 0.25) is 5.91 Å². The minimum atomic E-state index is -4.02. The first-order valence-electron chi connectivity index (χ1n) is 9.61. The van der Waals surface area contributed by atoms with Gasteiger partial charge >= 0.3 is 0 Å². The van der Waals surface area contributed by atoms with Crippen LogP contribution in [0.3, 0.4) is 0 Å². The van der Waals surface area contributed by atoms with E-state index in [1.807, 2.05) is 0 Å². The highest BCUT2D eigenvalue weighted by Gasteiger charge is 2.21. The van der Waals surface area contributed by atoms with Crippen molar-refractivity contribution in [1.29, 1.82) is 0 Å². The number of hydrogen-bond acceptors (Lipinski definition) is 7. The van der Waals surface area contributed by atoms with E-state index in [1.54, 1.807) is 31.2 Å². The number of halogens is 1. The number of hydrogen-bond donors (Lipinski definition) is 2. The zero-order chi connectivity index (χ0) is 24.2. The van der Waals surface area contributed by atoms with Crippen molar-refractivity contribution in [2.75, 3.05) is 24.3 Å². The van der Waals surface area contributed by atoms with Crippen LogP contribution in [0.15, 0.2) is 45.8 Å². The van der Waals surface area contributed by atoms with Crippen LogP contribution in [0.5, 0.6) is 11.5 Å². The smallest absolute Gasteiger partial charge is 0.265 e. The summed E-state index contributed by atoms with van der Waals surface area (Å²) in [6, 6.07) is 9.21. The molecular weight excluding hydrogens is 470 g/mol. The number of nitrogens with one attached hydrogen (secondary N) is 2. The van der Waals surface area contributed by atoms with Crippen LogP contribution in [-0.4, -0.2) is 33.7 Å². The minimum absolute atomic E-state index is 0.0741. The second-order valence-electron chi connectivity index (χ2n) is 6.89. The van der Waals surface area contributed by atoms with Crippen molar-refractivity contribution in [2.24, 2.45) is 0 Å². The molecule has 0 unspecified atom stereocenters. The SMILES string of the molecule is COc1ccc(NS(=O)(=O)c2cc(C=Cc3onc(C)c3NC(C)=O)ccc2OC)cc1Cl. The van der Waals surface area contributed by atoms with Crippen LogP contribution < -0.4 is 19.5 Å². The summed E-state index contributed by atoms with van der Waals surface area (Å²) in [6.45, 7) is 3.07. The summed E-state index contributed by atoms with van der Waals surface area (Å²) in [5.74, 6) is 0.645. The summed E-state index contributed by atoms with van der Waals surface area (Å²) < 4.78 is 44.2. The molecule has 1 aromatic heterocycles. The van der Waals surface area contributed by atoms with E-state index < -0.39 is 10.0 Å². The Bertz CT molecular complexity index is 1320. The molecular formula is C22H22ClN3O6S. The molecule has 1 amide bonds. The van der Waals surface area contributed by atoms with Crippen LogP contribution in [0.25, 0.3) is 12.2 Å². The predicted octanol–water partition coefficient (Wildman–Crippen LogP) is 4.58. The Morgan fingerprint density at radius 3 is 2.42 bits per heavy atom. The van der Waals surface area contributed by atoms with Gasteiger partial charge in [0.25, 0.3) is 10.0 Å². The van der Waals surface area contributed by atoms with Crippen molar-refractivity contribution < 1.29 is 27.2 Å². The zero-order valence-electron chi connectivity index (χ0n) is 18.3. The minimum Gasteiger partial charge on any atom is -0.495 e. The van der Waals surface area contributed by atoms with Gasteiger partial charge < -0.3 is 19.3 Å². The normalized spacial score (nSPS) is 11.4. The third kappa shape index (κ3) is 5.65. The molecule has 0 saturated heterocycles. The topological polar surface area (TPSA) is 120 Å². The van der Waals surface area contributed by atoms with E-state index in [9.17, 15) is 13.2 Å². The number of benzene rings is 2. The van der Waals surface area contributed by atoms with E-state index in [4.69, 9.17) is 25.6 Å². The molecule has 0 saturated carbocycles. The van der Waals surface area contributed by atoms with Gasteiger partial charge in [0.1, 0.15) is 27.8 Å². The molecule has 3 aromatic rings. The molecule has 0 aliphatic rings. The Balaban J connectivity index is 1.93. The fraction of sp³-hybridized carbons (Fsp3) is 0.182.